The van der Waals surface area contributed by atoms with Crippen molar-refractivity contribution >= 4 is 44.7 Å². The maximum absolute atomic E-state index is 14.4. The molecule has 2 aliphatic carbocycles. The number of amides is 2. The molecule has 1 saturated carbocycles. The molecular weight excluding hydrogens is 698 g/mol. The van der Waals surface area contributed by atoms with E-state index in [4.69, 9.17) is 21.1 Å². The number of ether oxygens (including phenoxy) is 2. The Morgan fingerprint density at radius 3 is 2.88 bits per heavy atom. The zero-order valence-electron chi connectivity index (χ0n) is 29.3. The molecule has 5 atom stereocenters. The third kappa shape index (κ3) is 6.98. The number of hydrogen-bond acceptors (Lipinski definition) is 7. The summed E-state index contributed by atoms with van der Waals surface area (Å²) >= 11 is 6.46. The highest BCUT2D eigenvalue weighted by molar-refractivity contribution is 7.92. The van der Waals surface area contributed by atoms with Gasteiger partial charge in [-0.1, -0.05) is 35.9 Å². The number of imidazole rings is 1. The van der Waals surface area contributed by atoms with Crippen molar-refractivity contribution in [3.8, 4) is 5.75 Å². The van der Waals surface area contributed by atoms with E-state index in [9.17, 15) is 13.8 Å². The lowest BCUT2D eigenvalue weighted by molar-refractivity contribution is -0.118. The Balaban J connectivity index is 1.15. The molecule has 4 aromatic rings. The van der Waals surface area contributed by atoms with Gasteiger partial charge >= 0.3 is 0 Å². The van der Waals surface area contributed by atoms with Crippen LogP contribution in [0.5, 0.6) is 5.75 Å². The fraction of sp³-hybridized carbons (Fsp3) is 0.425. The standard InChI is InChI=1S/C40H44ClN5O5S/c1-50-35-9-3-2-6-19-52(49,43-38(47)22-31-24-45-18-5-4-10-37(45)42-31)44-39(48)28-12-16-36-34(21-28)46(23-29-11-14-32(29)35)25-40(26-51-36)17-7-8-27-20-30(41)13-15-33(27)40/h3-5,9-10,12-13,15-16,18,20-21,24,29,32,35H,2,6-8,11,14,17,19,22-23,25-26H2,1H3,(H,43,44,47,48,49)/b9-3+/t29-,32+,35-,40-,52?/m0/s1. The molecular formula is C40H44ClN5O5S. The number of rotatable bonds is 4. The Bertz CT molecular complexity index is 2140. The van der Waals surface area contributed by atoms with Crippen molar-refractivity contribution in [3.63, 3.8) is 0 Å². The SMILES string of the molecule is CO[C@H]1/C=C/CCCS(=O)(NC(=O)Cc2cn3ccccc3n2)=NC(=O)c2ccc3c(c2)N(C[C@@H]2CC[C@H]21)C[C@@]1(CCCc2cc(Cl)ccc21)CO3. The molecule has 8 rings (SSSR count). The summed E-state index contributed by atoms with van der Waals surface area (Å²) in [6.07, 6.45) is 13.9. The molecule has 1 N–H and O–H groups in total. The zero-order chi connectivity index (χ0) is 35.9. The number of carbonyl (C=O) groups is 2. The summed E-state index contributed by atoms with van der Waals surface area (Å²) < 4.78 is 35.8. The Morgan fingerprint density at radius 2 is 2.06 bits per heavy atom. The first-order valence-electron chi connectivity index (χ1n) is 18.2. The van der Waals surface area contributed by atoms with Crippen LogP contribution in [0, 0.1) is 11.8 Å². The second-order valence-electron chi connectivity index (χ2n) is 14.7. The monoisotopic (exact) mass is 741 g/mol. The normalized spacial score (nSPS) is 28.1. The lowest BCUT2D eigenvalue weighted by Crippen LogP contribution is -2.49. The number of anilines is 1. The summed E-state index contributed by atoms with van der Waals surface area (Å²) in [6.45, 7) is 2.01. The largest absolute Gasteiger partial charge is 0.490 e. The van der Waals surface area contributed by atoms with Crippen LogP contribution < -0.4 is 14.4 Å². The Morgan fingerprint density at radius 1 is 1.15 bits per heavy atom. The fourth-order valence-corrected chi connectivity index (χ4v) is 10.4. The number of halogens is 1. The molecule has 0 saturated heterocycles. The summed E-state index contributed by atoms with van der Waals surface area (Å²) in [4.78, 5) is 34.2. The second kappa shape index (κ2) is 14.3. The third-order valence-corrected chi connectivity index (χ3v) is 13.4. The fourth-order valence-electron chi connectivity index (χ4n) is 8.56. The van der Waals surface area contributed by atoms with Crippen LogP contribution in [0.4, 0.5) is 5.69 Å². The van der Waals surface area contributed by atoms with Crippen LogP contribution in [0.2, 0.25) is 5.02 Å². The highest BCUT2D eigenvalue weighted by Gasteiger charge is 2.44. The summed E-state index contributed by atoms with van der Waals surface area (Å²) in [5.74, 6) is 0.321. The van der Waals surface area contributed by atoms with E-state index in [-0.39, 0.29) is 23.7 Å². The number of hydrogen-bond donors (Lipinski definition) is 1. The van der Waals surface area contributed by atoms with Crippen LogP contribution in [0.15, 0.2) is 83.5 Å². The van der Waals surface area contributed by atoms with Gasteiger partial charge in [0.1, 0.15) is 21.3 Å². The predicted octanol–water partition coefficient (Wildman–Crippen LogP) is 6.73. The molecule has 1 fully saturated rings. The first-order valence-corrected chi connectivity index (χ1v) is 20.3. The van der Waals surface area contributed by atoms with Crippen LogP contribution in [-0.2, 0) is 37.7 Å². The number of carbonyl (C=O) groups excluding carboxylic acids is 2. The molecule has 52 heavy (non-hydrogen) atoms. The topological polar surface area (TPSA) is 115 Å². The smallest absolute Gasteiger partial charge is 0.286 e. The third-order valence-electron chi connectivity index (χ3n) is 11.3. The second-order valence-corrected chi connectivity index (χ2v) is 17.2. The van der Waals surface area contributed by atoms with Gasteiger partial charge in [-0.15, -0.1) is 4.36 Å². The van der Waals surface area contributed by atoms with E-state index in [1.165, 1.54) is 11.1 Å². The molecule has 2 amide bonds. The Labute approximate surface area is 309 Å². The van der Waals surface area contributed by atoms with Gasteiger partial charge < -0.3 is 18.8 Å². The summed E-state index contributed by atoms with van der Waals surface area (Å²) in [6, 6.07) is 17.2. The number of fused-ring (bicyclic) bond motifs is 5. The van der Waals surface area contributed by atoms with Crippen LogP contribution in [0.25, 0.3) is 5.65 Å². The molecule has 2 aromatic carbocycles. The molecule has 10 nitrogen and oxygen atoms in total. The van der Waals surface area contributed by atoms with Crippen LogP contribution >= 0.6 is 11.6 Å². The summed E-state index contributed by atoms with van der Waals surface area (Å²) in [7, 11) is -1.71. The van der Waals surface area contributed by atoms with Crippen molar-refractivity contribution < 1.29 is 23.3 Å². The average molecular weight is 742 g/mol. The molecule has 4 aliphatic rings. The van der Waals surface area contributed by atoms with Crippen LogP contribution in [0.3, 0.4) is 0 Å². The van der Waals surface area contributed by atoms with Crippen molar-refractivity contribution in [1.29, 1.82) is 0 Å². The summed E-state index contributed by atoms with van der Waals surface area (Å²) in [5, 5.41) is 0.740. The van der Waals surface area contributed by atoms with Gasteiger partial charge in [-0.05, 0) is 110 Å². The first-order chi connectivity index (χ1) is 25.2. The van der Waals surface area contributed by atoms with Crippen molar-refractivity contribution in [1.82, 2.24) is 14.1 Å². The van der Waals surface area contributed by atoms with Gasteiger partial charge in [-0.25, -0.2) is 9.19 Å². The van der Waals surface area contributed by atoms with E-state index in [1.807, 2.05) is 47.0 Å². The van der Waals surface area contributed by atoms with Gasteiger partial charge in [0.2, 0.25) is 5.91 Å². The maximum atomic E-state index is 14.4. The van der Waals surface area contributed by atoms with E-state index < -0.39 is 21.7 Å². The summed E-state index contributed by atoms with van der Waals surface area (Å²) in [5.41, 5.74) is 4.64. The van der Waals surface area contributed by atoms with Crippen LogP contribution in [-0.4, -0.2) is 64.1 Å². The number of nitrogens with one attached hydrogen (secondary N) is 1. The van der Waals surface area contributed by atoms with Gasteiger partial charge in [0.05, 0.1) is 36.3 Å². The molecule has 272 valence electrons. The molecule has 0 radical (unpaired) electrons. The van der Waals surface area contributed by atoms with Crippen molar-refractivity contribution in [2.45, 2.75) is 62.9 Å². The Hall–Kier alpha value is -4.19. The number of aryl methyl sites for hydroxylation is 1. The Kier molecular flexibility index (Phi) is 9.61. The van der Waals surface area contributed by atoms with E-state index in [0.717, 1.165) is 55.9 Å². The van der Waals surface area contributed by atoms with Crippen molar-refractivity contribution in [3.05, 3.63) is 107 Å². The van der Waals surface area contributed by atoms with E-state index in [1.54, 1.807) is 19.4 Å². The van der Waals surface area contributed by atoms with Gasteiger partial charge in [-0.2, -0.15) is 0 Å². The van der Waals surface area contributed by atoms with Crippen molar-refractivity contribution in [2.75, 3.05) is 37.5 Å². The van der Waals surface area contributed by atoms with Gasteiger partial charge in [-0.3, -0.25) is 14.3 Å². The molecule has 4 heterocycles. The minimum atomic E-state index is -3.47. The lowest BCUT2D eigenvalue weighted by Gasteiger charge is -2.46. The number of methoxy groups -OCH3 is 1. The van der Waals surface area contributed by atoms with Gasteiger partial charge in [0, 0.05) is 48.6 Å². The first kappa shape index (κ1) is 34.9. The van der Waals surface area contributed by atoms with Crippen molar-refractivity contribution in [2.24, 2.45) is 16.2 Å². The molecule has 1 unspecified atom stereocenters. The predicted molar refractivity (Wildman–Crippen MR) is 202 cm³/mol. The molecule has 12 heteroatoms. The highest BCUT2D eigenvalue weighted by Crippen LogP contribution is 2.47. The van der Waals surface area contributed by atoms with E-state index >= 15 is 0 Å². The number of benzene rings is 2. The van der Waals surface area contributed by atoms with Gasteiger partial charge in [0.15, 0.2) is 0 Å². The number of aromatic nitrogens is 2. The zero-order valence-corrected chi connectivity index (χ0v) is 30.9. The van der Waals surface area contributed by atoms with E-state index in [0.29, 0.717) is 53.9 Å². The maximum Gasteiger partial charge on any atom is 0.286 e. The molecule has 2 aromatic heterocycles. The van der Waals surface area contributed by atoms with E-state index in [2.05, 4.69) is 43.3 Å². The van der Waals surface area contributed by atoms with Crippen LogP contribution in [0.1, 0.15) is 65.7 Å². The average Bonchev–Trinajstić information content (AvgIpc) is 3.45. The molecule has 2 aliphatic heterocycles. The minimum absolute atomic E-state index is 0.0236. The van der Waals surface area contributed by atoms with Gasteiger partial charge in [0.25, 0.3) is 5.91 Å². The number of nitrogens with zero attached hydrogens (tertiary/aromatic N) is 4. The molecule has 1 spiro atoms. The quantitative estimate of drug-likeness (QED) is 0.231. The highest BCUT2D eigenvalue weighted by atomic mass is 35.5. The number of allylic oxidation sites excluding steroid dienone is 1. The number of pyridine rings is 1. The lowest BCUT2D eigenvalue weighted by atomic mass is 9.68. The minimum Gasteiger partial charge on any atom is -0.490 e. The molecule has 2 bridgehead atoms.